The minimum absolute atomic E-state index is 0.0236. The highest BCUT2D eigenvalue weighted by Gasteiger charge is 2.61. The van der Waals surface area contributed by atoms with E-state index in [2.05, 4.69) is 48.5 Å². The Morgan fingerprint density at radius 2 is 1.62 bits per heavy atom. The zero-order valence-corrected chi connectivity index (χ0v) is 24.1. The highest BCUT2D eigenvalue weighted by molar-refractivity contribution is 5.10. The fourth-order valence-corrected chi connectivity index (χ4v) is 10.8. The second-order valence-electron chi connectivity index (χ2n) is 14.8. The van der Waals surface area contributed by atoms with E-state index in [1.54, 1.807) is 0 Å². The molecule has 1 nitrogen and oxygen atoms in total. The molecule has 11 atom stereocenters. The fraction of sp³-hybridized carbons (Fsp3) is 1.00. The van der Waals surface area contributed by atoms with Gasteiger partial charge < -0.3 is 5.11 Å². The normalized spacial score (nSPS) is 46.0. The van der Waals surface area contributed by atoms with Crippen LogP contribution < -0.4 is 0 Å². The Bertz CT molecular complexity index is 655. The molecule has 0 aromatic carbocycles. The monoisotopic (exact) mass is 472 g/mol. The molecule has 0 saturated heterocycles. The van der Waals surface area contributed by atoms with E-state index in [-0.39, 0.29) is 6.10 Å². The van der Waals surface area contributed by atoms with E-state index in [0.29, 0.717) is 16.7 Å². The van der Waals surface area contributed by atoms with Crippen molar-refractivity contribution in [3.63, 3.8) is 0 Å². The summed E-state index contributed by atoms with van der Waals surface area (Å²) in [6, 6.07) is 0. The summed E-state index contributed by atoms with van der Waals surface area (Å²) in [4.78, 5) is 0. The molecule has 0 aliphatic heterocycles. The maximum atomic E-state index is 11.0. The quantitative estimate of drug-likeness (QED) is 0.354. The molecule has 4 fully saturated rings. The van der Waals surface area contributed by atoms with E-state index in [1.807, 2.05) is 0 Å². The second-order valence-corrected chi connectivity index (χ2v) is 14.8. The third kappa shape index (κ3) is 4.79. The Morgan fingerprint density at radius 3 is 2.29 bits per heavy atom. The third-order valence-corrected chi connectivity index (χ3v) is 13.0. The Labute approximate surface area is 213 Å². The van der Waals surface area contributed by atoms with Gasteiger partial charge in [0.2, 0.25) is 0 Å². The molecule has 4 rings (SSSR count). The first-order chi connectivity index (χ1) is 16.2. The second kappa shape index (κ2) is 10.8. The topological polar surface area (TPSA) is 20.2 Å². The summed E-state index contributed by atoms with van der Waals surface area (Å²) in [6.45, 7) is 17.6. The minimum Gasteiger partial charge on any atom is -0.393 e. The zero-order chi connectivity index (χ0) is 24.7. The van der Waals surface area contributed by atoms with Gasteiger partial charge in [-0.2, -0.15) is 0 Å². The molecule has 0 bridgehead atoms. The van der Waals surface area contributed by atoms with E-state index in [1.165, 1.54) is 83.5 Å². The molecule has 198 valence electrons. The van der Waals surface area contributed by atoms with Crippen LogP contribution in [0, 0.1) is 64.1 Å². The molecule has 0 amide bonds. The van der Waals surface area contributed by atoms with Crippen molar-refractivity contribution >= 4 is 0 Å². The molecule has 0 spiro atoms. The molecule has 1 heteroatoms. The van der Waals surface area contributed by atoms with Gasteiger partial charge in [0.15, 0.2) is 0 Å². The summed E-state index contributed by atoms with van der Waals surface area (Å²) in [7, 11) is 0. The van der Waals surface area contributed by atoms with E-state index in [9.17, 15) is 5.11 Å². The van der Waals surface area contributed by atoms with Crippen LogP contribution in [-0.4, -0.2) is 11.2 Å². The van der Waals surface area contributed by atoms with Crippen molar-refractivity contribution in [2.24, 2.45) is 64.1 Å². The van der Waals surface area contributed by atoms with Crippen molar-refractivity contribution in [1.82, 2.24) is 0 Å². The molecule has 4 aliphatic carbocycles. The van der Waals surface area contributed by atoms with Gasteiger partial charge in [-0.25, -0.2) is 0 Å². The number of hydrogen-bond donors (Lipinski definition) is 1. The van der Waals surface area contributed by atoms with Crippen molar-refractivity contribution in [2.45, 2.75) is 144 Å². The largest absolute Gasteiger partial charge is 0.393 e. The highest BCUT2D eigenvalue weighted by Crippen LogP contribution is 2.69. The number of hydrogen-bond acceptors (Lipinski definition) is 1. The van der Waals surface area contributed by atoms with E-state index >= 15 is 0 Å². The van der Waals surface area contributed by atoms with Crippen LogP contribution in [0.25, 0.3) is 0 Å². The Kier molecular flexibility index (Phi) is 8.54. The number of aliphatic hydroxyl groups is 1. The zero-order valence-electron chi connectivity index (χ0n) is 24.1. The summed E-state index contributed by atoms with van der Waals surface area (Å²) in [5.41, 5.74) is 1.09. The molecular weight excluding hydrogens is 412 g/mol. The molecule has 3 unspecified atom stereocenters. The molecule has 0 aromatic heterocycles. The van der Waals surface area contributed by atoms with Crippen LogP contribution >= 0.6 is 0 Å². The van der Waals surface area contributed by atoms with Crippen molar-refractivity contribution in [1.29, 1.82) is 0 Å². The highest BCUT2D eigenvalue weighted by atomic mass is 16.3. The van der Waals surface area contributed by atoms with Gasteiger partial charge in [-0.3, -0.25) is 0 Å². The van der Waals surface area contributed by atoms with Gasteiger partial charge in [0.25, 0.3) is 0 Å². The standard InChI is InChI=1S/C33H60O/c1-8-10-11-25-21-33(7)26(20-31(25)34)14-15-27-29-17-16-28(32(29,6)19-18-30(27)33)23(5)12-13-24(9-2)22(3)4/h22-31,34H,8-21H2,1-7H3/t23-,24-,25?,26?,27+,28-,29+,30+,31?,32-,33+/m1/s1. The molecule has 4 saturated carbocycles. The van der Waals surface area contributed by atoms with Crippen molar-refractivity contribution in [3.8, 4) is 0 Å². The van der Waals surface area contributed by atoms with Crippen LogP contribution in [0.15, 0.2) is 0 Å². The van der Waals surface area contributed by atoms with Crippen LogP contribution in [0.1, 0.15) is 138 Å². The van der Waals surface area contributed by atoms with Crippen molar-refractivity contribution in [3.05, 3.63) is 0 Å². The lowest BCUT2D eigenvalue weighted by atomic mass is 9.43. The van der Waals surface area contributed by atoms with Crippen LogP contribution in [0.2, 0.25) is 0 Å². The fourth-order valence-electron chi connectivity index (χ4n) is 10.8. The third-order valence-electron chi connectivity index (χ3n) is 13.0. The van der Waals surface area contributed by atoms with Crippen molar-refractivity contribution < 1.29 is 5.11 Å². The summed E-state index contributed by atoms with van der Waals surface area (Å²) in [5.74, 6) is 7.84. The summed E-state index contributed by atoms with van der Waals surface area (Å²) < 4.78 is 0. The predicted molar refractivity (Wildman–Crippen MR) is 147 cm³/mol. The molecular formula is C33H60O. The lowest BCUT2D eigenvalue weighted by Crippen LogP contribution is -2.55. The van der Waals surface area contributed by atoms with Gasteiger partial charge >= 0.3 is 0 Å². The molecule has 0 radical (unpaired) electrons. The molecule has 0 heterocycles. The minimum atomic E-state index is -0.0236. The van der Waals surface area contributed by atoms with Crippen LogP contribution in [0.5, 0.6) is 0 Å². The van der Waals surface area contributed by atoms with Gasteiger partial charge in [-0.05, 0) is 128 Å². The number of aliphatic hydroxyl groups excluding tert-OH is 1. The van der Waals surface area contributed by atoms with E-state index in [4.69, 9.17) is 0 Å². The Balaban J connectivity index is 1.45. The van der Waals surface area contributed by atoms with Crippen LogP contribution in [0.4, 0.5) is 0 Å². The number of rotatable bonds is 9. The molecule has 34 heavy (non-hydrogen) atoms. The summed E-state index contributed by atoms with van der Waals surface area (Å²) >= 11 is 0. The van der Waals surface area contributed by atoms with Gasteiger partial charge in [0.1, 0.15) is 0 Å². The summed E-state index contributed by atoms with van der Waals surface area (Å²) in [6.07, 6.45) is 19.3. The molecule has 0 aromatic rings. The lowest BCUT2D eigenvalue weighted by molar-refractivity contribution is -0.145. The maximum absolute atomic E-state index is 11.0. The number of fused-ring (bicyclic) bond motifs is 5. The maximum Gasteiger partial charge on any atom is 0.0571 e. The molecule has 4 aliphatic rings. The predicted octanol–water partition coefficient (Wildman–Crippen LogP) is 9.52. The van der Waals surface area contributed by atoms with Crippen molar-refractivity contribution in [2.75, 3.05) is 0 Å². The average Bonchev–Trinajstić information content (AvgIpc) is 3.15. The SMILES string of the molecule is CCCCC1C[C@@]2(C)C(CC[C@H]3[C@@H]4CC[C@H]([C@H](C)CC[C@@H](CC)C(C)C)[C@@]4(C)CC[C@@H]32)CC1O. The van der Waals surface area contributed by atoms with Gasteiger partial charge in [-0.1, -0.05) is 74.1 Å². The Hall–Kier alpha value is -0.0400. The van der Waals surface area contributed by atoms with Gasteiger partial charge in [-0.15, -0.1) is 0 Å². The van der Waals surface area contributed by atoms with Crippen LogP contribution in [-0.2, 0) is 0 Å². The first-order valence-electron chi connectivity index (χ1n) is 15.8. The van der Waals surface area contributed by atoms with E-state index in [0.717, 1.165) is 53.8 Å². The first kappa shape index (κ1) is 27.0. The Morgan fingerprint density at radius 1 is 0.882 bits per heavy atom. The van der Waals surface area contributed by atoms with E-state index < -0.39 is 0 Å². The van der Waals surface area contributed by atoms with Crippen LogP contribution in [0.3, 0.4) is 0 Å². The lowest BCUT2D eigenvalue weighted by Gasteiger charge is -2.62. The smallest absolute Gasteiger partial charge is 0.0571 e. The molecule has 1 N–H and O–H groups in total. The number of unbranched alkanes of at least 4 members (excludes halogenated alkanes) is 1. The van der Waals surface area contributed by atoms with Gasteiger partial charge in [0, 0.05) is 0 Å². The van der Waals surface area contributed by atoms with Gasteiger partial charge in [0.05, 0.1) is 6.10 Å². The summed E-state index contributed by atoms with van der Waals surface area (Å²) in [5, 5.41) is 11.0. The first-order valence-corrected chi connectivity index (χ1v) is 15.8. The average molecular weight is 473 g/mol.